The van der Waals surface area contributed by atoms with Crippen molar-refractivity contribution < 1.29 is 14.6 Å². The van der Waals surface area contributed by atoms with Gasteiger partial charge in [-0.25, -0.2) is 4.79 Å². The Kier molecular flexibility index (Phi) is 2.29. The number of nitrogens with zero attached hydrogens (tertiary/aromatic N) is 1. The predicted molar refractivity (Wildman–Crippen MR) is 54.2 cm³/mol. The standard InChI is InChI=1S/C10H10N2O3/c1-2-15-7-3-4-11-8-6(10(13)14)5-12-9(7)8/h3-5,12H,2H2,1H3,(H,13,14). The van der Waals surface area contributed by atoms with Crippen LogP contribution in [0.25, 0.3) is 11.0 Å². The highest BCUT2D eigenvalue weighted by atomic mass is 16.5. The van der Waals surface area contributed by atoms with Crippen LogP contribution in [0.1, 0.15) is 17.3 Å². The van der Waals surface area contributed by atoms with Crippen LogP contribution in [0.3, 0.4) is 0 Å². The van der Waals surface area contributed by atoms with Gasteiger partial charge in [0.2, 0.25) is 0 Å². The van der Waals surface area contributed by atoms with Crippen molar-refractivity contribution in [2.45, 2.75) is 6.92 Å². The average molecular weight is 206 g/mol. The summed E-state index contributed by atoms with van der Waals surface area (Å²) in [5.74, 6) is -0.377. The average Bonchev–Trinajstić information content (AvgIpc) is 2.62. The molecule has 2 heterocycles. The van der Waals surface area contributed by atoms with Crippen molar-refractivity contribution in [2.75, 3.05) is 6.61 Å². The number of carbonyl (C=O) groups is 1. The van der Waals surface area contributed by atoms with Crippen molar-refractivity contribution in [3.05, 3.63) is 24.0 Å². The van der Waals surface area contributed by atoms with Gasteiger partial charge in [-0.1, -0.05) is 0 Å². The fraction of sp³-hybridized carbons (Fsp3) is 0.200. The number of fused-ring (bicyclic) bond motifs is 1. The van der Waals surface area contributed by atoms with Crippen LogP contribution in [0.2, 0.25) is 0 Å². The van der Waals surface area contributed by atoms with Gasteiger partial charge in [-0.3, -0.25) is 4.98 Å². The van der Waals surface area contributed by atoms with Crippen LogP contribution < -0.4 is 4.74 Å². The number of hydrogen-bond acceptors (Lipinski definition) is 3. The minimum atomic E-state index is -0.998. The number of aromatic amines is 1. The van der Waals surface area contributed by atoms with Gasteiger partial charge in [-0.15, -0.1) is 0 Å². The highest BCUT2D eigenvalue weighted by Crippen LogP contribution is 2.24. The topological polar surface area (TPSA) is 75.2 Å². The zero-order valence-corrected chi connectivity index (χ0v) is 8.15. The van der Waals surface area contributed by atoms with E-state index in [-0.39, 0.29) is 5.56 Å². The largest absolute Gasteiger partial charge is 0.492 e. The van der Waals surface area contributed by atoms with Crippen LogP contribution in [0.4, 0.5) is 0 Å². The molecule has 78 valence electrons. The van der Waals surface area contributed by atoms with E-state index in [0.29, 0.717) is 23.4 Å². The number of H-pyrrole nitrogens is 1. The Bertz CT molecular complexity index is 504. The second-order valence-corrected chi connectivity index (χ2v) is 2.97. The smallest absolute Gasteiger partial charge is 0.339 e. The minimum absolute atomic E-state index is 0.159. The summed E-state index contributed by atoms with van der Waals surface area (Å²) in [6, 6.07) is 1.70. The normalized spacial score (nSPS) is 10.5. The van der Waals surface area contributed by atoms with Gasteiger partial charge in [0.05, 0.1) is 6.61 Å². The maximum absolute atomic E-state index is 10.8. The van der Waals surface area contributed by atoms with Crippen LogP contribution in [-0.4, -0.2) is 27.7 Å². The van der Waals surface area contributed by atoms with E-state index in [1.165, 1.54) is 12.4 Å². The fourth-order valence-corrected chi connectivity index (χ4v) is 1.44. The highest BCUT2D eigenvalue weighted by Gasteiger charge is 2.14. The third kappa shape index (κ3) is 1.52. The molecule has 0 aliphatic heterocycles. The van der Waals surface area contributed by atoms with E-state index in [4.69, 9.17) is 9.84 Å². The minimum Gasteiger partial charge on any atom is -0.492 e. The summed E-state index contributed by atoms with van der Waals surface area (Å²) >= 11 is 0. The molecule has 2 aromatic heterocycles. The maximum atomic E-state index is 10.8. The third-order valence-electron chi connectivity index (χ3n) is 2.06. The molecule has 2 aromatic rings. The van der Waals surface area contributed by atoms with E-state index in [2.05, 4.69) is 9.97 Å². The van der Waals surface area contributed by atoms with E-state index >= 15 is 0 Å². The van der Waals surface area contributed by atoms with Gasteiger partial charge < -0.3 is 14.8 Å². The lowest BCUT2D eigenvalue weighted by Gasteiger charge is -2.02. The number of hydrogen-bond donors (Lipinski definition) is 2. The fourth-order valence-electron chi connectivity index (χ4n) is 1.44. The molecule has 0 aliphatic carbocycles. The van der Waals surface area contributed by atoms with E-state index < -0.39 is 5.97 Å². The zero-order chi connectivity index (χ0) is 10.8. The highest BCUT2D eigenvalue weighted by molar-refractivity contribution is 6.02. The molecule has 2 rings (SSSR count). The van der Waals surface area contributed by atoms with E-state index in [1.807, 2.05) is 6.92 Å². The number of ether oxygens (including phenoxy) is 1. The number of aromatic nitrogens is 2. The lowest BCUT2D eigenvalue weighted by atomic mass is 10.2. The first kappa shape index (κ1) is 9.51. The van der Waals surface area contributed by atoms with Crippen molar-refractivity contribution in [2.24, 2.45) is 0 Å². The molecular weight excluding hydrogens is 196 g/mol. The van der Waals surface area contributed by atoms with Crippen molar-refractivity contribution in [1.29, 1.82) is 0 Å². The first-order valence-corrected chi connectivity index (χ1v) is 4.56. The Morgan fingerprint density at radius 2 is 2.47 bits per heavy atom. The lowest BCUT2D eigenvalue weighted by molar-refractivity contribution is 0.0699. The summed E-state index contributed by atoms with van der Waals surface area (Å²) < 4.78 is 5.35. The molecule has 0 unspecified atom stereocenters. The zero-order valence-electron chi connectivity index (χ0n) is 8.15. The number of carboxylic acids is 1. The Labute approximate surface area is 85.7 Å². The molecular formula is C10H10N2O3. The van der Waals surface area contributed by atoms with Gasteiger partial charge in [0, 0.05) is 18.5 Å². The van der Waals surface area contributed by atoms with E-state index in [1.54, 1.807) is 6.07 Å². The van der Waals surface area contributed by atoms with Crippen molar-refractivity contribution in [3.63, 3.8) is 0 Å². The monoisotopic (exact) mass is 206 g/mol. The van der Waals surface area contributed by atoms with E-state index in [0.717, 1.165) is 0 Å². The Morgan fingerprint density at radius 1 is 1.67 bits per heavy atom. The molecule has 0 radical (unpaired) electrons. The van der Waals surface area contributed by atoms with Crippen molar-refractivity contribution in [1.82, 2.24) is 9.97 Å². The first-order chi connectivity index (χ1) is 7.24. The van der Waals surface area contributed by atoms with Gasteiger partial charge >= 0.3 is 5.97 Å². The first-order valence-electron chi connectivity index (χ1n) is 4.56. The second kappa shape index (κ2) is 3.61. The molecule has 0 saturated carbocycles. The van der Waals surface area contributed by atoms with Crippen LogP contribution in [0.5, 0.6) is 5.75 Å². The van der Waals surface area contributed by atoms with Gasteiger partial charge in [0.1, 0.15) is 22.3 Å². The summed E-state index contributed by atoms with van der Waals surface area (Å²) in [4.78, 5) is 17.7. The predicted octanol–water partition coefficient (Wildman–Crippen LogP) is 1.66. The molecule has 0 aromatic carbocycles. The molecule has 0 aliphatic rings. The van der Waals surface area contributed by atoms with Gasteiger partial charge in [0.25, 0.3) is 0 Å². The molecule has 5 nitrogen and oxygen atoms in total. The molecule has 0 atom stereocenters. The summed E-state index contributed by atoms with van der Waals surface area (Å²) in [6.45, 7) is 2.40. The Hall–Kier alpha value is -2.04. The van der Waals surface area contributed by atoms with Crippen LogP contribution in [0.15, 0.2) is 18.5 Å². The number of pyridine rings is 1. The molecule has 0 spiro atoms. The summed E-state index contributed by atoms with van der Waals surface area (Å²) in [6.07, 6.45) is 2.95. The van der Waals surface area contributed by atoms with Crippen molar-refractivity contribution in [3.8, 4) is 5.75 Å². The third-order valence-corrected chi connectivity index (χ3v) is 2.06. The molecule has 0 bridgehead atoms. The molecule has 5 heteroatoms. The Morgan fingerprint density at radius 3 is 3.13 bits per heavy atom. The second-order valence-electron chi connectivity index (χ2n) is 2.97. The van der Waals surface area contributed by atoms with Gasteiger partial charge in [-0.2, -0.15) is 0 Å². The molecule has 15 heavy (non-hydrogen) atoms. The number of carboxylic acid groups (broad SMARTS) is 1. The molecule has 0 fully saturated rings. The summed E-state index contributed by atoms with van der Waals surface area (Å²) in [5.41, 5.74) is 1.21. The van der Waals surface area contributed by atoms with Gasteiger partial charge in [-0.05, 0) is 6.92 Å². The van der Waals surface area contributed by atoms with E-state index in [9.17, 15) is 4.79 Å². The van der Waals surface area contributed by atoms with Crippen LogP contribution in [-0.2, 0) is 0 Å². The SMILES string of the molecule is CCOc1ccnc2c(C(=O)O)c[nH]c12. The summed E-state index contributed by atoms with van der Waals surface area (Å²) in [5, 5.41) is 8.89. The van der Waals surface area contributed by atoms with Crippen molar-refractivity contribution >= 4 is 17.0 Å². The number of aromatic carboxylic acids is 1. The molecule has 2 N–H and O–H groups in total. The molecule has 0 saturated heterocycles. The quantitative estimate of drug-likeness (QED) is 0.800. The maximum Gasteiger partial charge on any atom is 0.339 e. The van der Waals surface area contributed by atoms with Crippen LogP contribution in [0, 0.1) is 0 Å². The van der Waals surface area contributed by atoms with Gasteiger partial charge in [0.15, 0.2) is 0 Å². The summed E-state index contributed by atoms with van der Waals surface area (Å²) in [7, 11) is 0. The molecule has 0 amide bonds. The lowest BCUT2D eigenvalue weighted by Crippen LogP contribution is -1.96. The number of nitrogens with one attached hydrogen (secondary N) is 1. The number of rotatable bonds is 3. The van der Waals surface area contributed by atoms with Crippen LogP contribution >= 0.6 is 0 Å². The Balaban J connectivity index is 2.63.